The maximum Gasteiger partial charge on any atom is 0.340 e. The van der Waals surface area contributed by atoms with E-state index in [9.17, 15) is 9.59 Å². The Hall–Kier alpha value is -1.88. The van der Waals surface area contributed by atoms with Crippen LogP contribution in [0.25, 0.3) is 0 Å². The highest BCUT2D eigenvalue weighted by Gasteiger charge is 2.62. The summed E-state index contributed by atoms with van der Waals surface area (Å²) in [7, 11) is 1.50. The van der Waals surface area contributed by atoms with Gasteiger partial charge in [0.2, 0.25) is 0 Å². The Bertz CT molecular complexity index is 661. The van der Waals surface area contributed by atoms with E-state index >= 15 is 0 Å². The zero-order chi connectivity index (χ0) is 17.4. The van der Waals surface area contributed by atoms with Crippen molar-refractivity contribution in [2.75, 3.05) is 13.7 Å². The number of carbonyl (C=O) groups excluding carboxylic acids is 2. The van der Waals surface area contributed by atoms with Gasteiger partial charge in [0.25, 0.3) is 5.91 Å². The molecule has 1 aromatic carbocycles. The number of hydrogen-bond acceptors (Lipinski definition) is 4. The van der Waals surface area contributed by atoms with Gasteiger partial charge in [-0.25, -0.2) is 4.79 Å². The monoisotopic (exact) mass is 343 g/mol. The number of carbonyl (C=O) groups is 2. The molecule has 3 fully saturated rings. The standard InChI is InChI=1S/C20H25NO4/c1-24-16(14-8-3-2-4-9-14)19(23)25-17-15-10-5-6-11-20(15)12-7-13-21(20)18(17)22/h2-4,8-9,15-17H,5-7,10-13H2,1H3/t15-,16+,17+,20+/m1/s1. The van der Waals surface area contributed by atoms with Gasteiger partial charge in [0.15, 0.2) is 12.2 Å². The molecule has 25 heavy (non-hydrogen) atoms. The van der Waals surface area contributed by atoms with Crippen LogP contribution >= 0.6 is 0 Å². The van der Waals surface area contributed by atoms with E-state index in [1.54, 1.807) is 0 Å². The lowest BCUT2D eigenvalue weighted by atomic mass is 9.71. The Morgan fingerprint density at radius 2 is 1.96 bits per heavy atom. The second-order valence-electron chi connectivity index (χ2n) is 7.43. The van der Waals surface area contributed by atoms with Crippen LogP contribution < -0.4 is 0 Å². The summed E-state index contributed by atoms with van der Waals surface area (Å²) in [6, 6.07) is 9.30. The van der Waals surface area contributed by atoms with Crippen LogP contribution in [-0.4, -0.2) is 42.1 Å². The van der Waals surface area contributed by atoms with Crippen LogP contribution in [-0.2, 0) is 19.1 Å². The fourth-order valence-corrected chi connectivity index (χ4v) is 5.20. The second kappa shape index (κ2) is 6.45. The van der Waals surface area contributed by atoms with Gasteiger partial charge < -0.3 is 14.4 Å². The first kappa shape index (κ1) is 16.6. The molecular weight excluding hydrogens is 318 g/mol. The SMILES string of the molecule is CO[C@H](C(=O)O[C@@H]1C(=O)N2CCC[C@]23CCCC[C@H]13)c1ccccc1. The molecule has 1 saturated carbocycles. The van der Waals surface area contributed by atoms with Crippen molar-refractivity contribution in [3.63, 3.8) is 0 Å². The quantitative estimate of drug-likeness (QED) is 0.789. The highest BCUT2D eigenvalue weighted by molar-refractivity contribution is 5.89. The Balaban J connectivity index is 1.56. The summed E-state index contributed by atoms with van der Waals surface area (Å²) in [5.41, 5.74) is 0.689. The van der Waals surface area contributed by atoms with E-state index in [1.165, 1.54) is 7.11 Å². The van der Waals surface area contributed by atoms with E-state index in [0.29, 0.717) is 0 Å². The molecule has 1 aromatic rings. The van der Waals surface area contributed by atoms with Crippen molar-refractivity contribution < 1.29 is 19.1 Å². The third-order valence-electron chi connectivity index (χ3n) is 6.26. The molecule has 134 valence electrons. The molecule has 2 aliphatic heterocycles. The fourth-order valence-electron chi connectivity index (χ4n) is 5.20. The van der Waals surface area contributed by atoms with Crippen LogP contribution in [0.5, 0.6) is 0 Å². The van der Waals surface area contributed by atoms with Gasteiger partial charge in [-0.15, -0.1) is 0 Å². The molecule has 0 bridgehead atoms. The lowest BCUT2D eigenvalue weighted by molar-refractivity contribution is -0.168. The molecule has 0 radical (unpaired) electrons. The summed E-state index contributed by atoms with van der Waals surface area (Å²) in [5, 5.41) is 0. The average molecular weight is 343 g/mol. The van der Waals surface area contributed by atoms with Gasteiger partial charge in [0, 0.05) is 25.1 Å². The molecule has 5 nitrogen and oxygen atoms in total. The second-order valence-corrected chi connectivity index (χ2v) is 7.43. The maximum absolute atomic E-state index is 12.9. The van der Waals surface area contributed by atoms with Crippen LogP contribution in [0, 0.1) is 5.92 Å². The van der Waals surface area contributed by atoms with Gasteiger partial charge >= 0.3 is 5.97 Å². The van der Waals surface area contributed by atoms with Crippen molar-refractivity contribution in [2.24, 2.45) is 5.92 Å². The molecule has 4 rings (SSSR count). The average Bonchev–Trinajstić information content (AvgIpc) is 3.13. The third kappa shape index (κ3) is 2.56. The normalized spacial score (nSPS) is 32.2. The molecule has 1 spiro atoms. The highest BCUT2D eigenvalue weighted by atomic mass is 16.6. The van der Waals surface area contributed by atoms with Gasteiger partial charge in [-0.05, 0) is 31.2 Å². The van der Waals surface area contributed by atoms with Gasteiger partial charge in [-0.1, -0.05) is 43.2 Å². The maximum atomic E-state index is 12.9. The molecule has 5 heteroatoms. The number of nitrogens with zero attached hydrogens (tertiary/aromatic N) is 1. The van der Waals surface area contributed by atoms with Crippen LogP contribution in [0.3, 0.4) is 0 Å². The largest absolute Gasteiger partial charge is 0.450 e. The van der Waals surface area contributed by atoms with E-state index in [2.05, 4.69) is 0 Å². The number of amides is 1. The van der Waals surface area contributed by atoms with Gasteiger partial charge in [0.1, 0.15) is 0 Å². The predicted octanol–water partition coefficient (Wildman–Crippen LogP) is 2.85. The van der Waals surface area contributed by atoms with E-state index < -0.39 is 18.2 Å². The summed E-state index contributed by atoms with van der Waals surface area (Å²) in [5.74, 6) is -0.330. The lowest BCUT2D eigenvalue weighted by Gasteiger charge is -2.40. The number of hydrogen-bond donors (Lipinski definition) is 0. The molecule has 1 amide bonds. The Morgan fingerprint density at radius 3 is 2.72 bits per heavy atom. The number of rotatable bonds is 4. The predicted molar refractivity (Wildman–Crippen MR) is 91.7 cm³/mol. The topological polar surface area (TPSA) is 55.8 Å². The summed E-state index contributed by atoms with van der Waals surface area (Å²) in [4.78, 5) is 27.7. The Kier molecular flexibility index (Phi) is 4.28. The third-order valence-corrected chi connectivity index (χ3v) is 6.26. The minimum Gasteiger partial charge on any atom is -0.450 e. The minimum absolute atomic E-state index is 0.000615. The van der Waals surface area contributed by atoms with Crippen LogP contribution in [0.1, 0.15) is 50.2 Å². The molecule has 0 unspecified atom stereocenters. The summed E-state index contributed by atoms with van der Waals surface area (Å²) < 4.78 is 11.1. The van der Waals surface area contributed by atoms with Gasteiger partial charge in [-0.2, -0.15) is 0 Å². The smallest absolute Gasteiger partial charge is 0.340 e. The number of ether oxygens (including phenoxy) is 2. The lowest BCUT2D eigenvalue weighted by Crippen LogP contribution is -2.46. The first-order valence-corrected chi connectivity index (χ1v) is 9.27. The minimum atomic E-state index is -0.788. The number of methoxy groups -OCH3 is 1. The van der Waals surface area contributed by atoms with Crippen LogP contribution in [0.15, 0.2) is 30.3 Å². The van der Waals surface area contributed by atoms with Crippen molar-refractivity contribution >= 4 is 11.9 Å². The molecule has 3 aliphatic rings. The first-order chi connectivity index (χ1) is 12.2. The molecular formula is C20H25NO4. The van der Waals surface area contributed by atoms with Crippen molar-refractivity contribution in [2.45, 2.75) is 56.3 Å². The van der Waals surface area contributed by atoms with E-state index in [1.807, 2.05) is 35.2 Å². The van der Waals surface area contributed by atoms with Gasteiger partial charge in [-0.3, -0.25) is 4.79 Å². The molecule has 2 heterocycles. The summed E-state index contributed by atoms with van der Waals surface area (Å²) in [6.07, 6.45) is 4.95. The van der Waals surface area contributed by atoms with Crippen molar-refractivity contribution in [1.29, 1.82) is 0 Å². The molecule has 4 atom stereocenters. The van der Waals surface area contributed by atoms with E-state index in [4.69, 9.17) is 9.47 Å². The molecule has 1 aliphatic carbocycles. The summed E-state index contributed by atoms with van der Waals surface area (Å²) in [6.45, 7) is 0.801. The van der Waals surface area contributed by atoms with Crippen molar-refractivity contribution in [1.82, 2.24) is 4.90 Å². The first-order valence-electron chi connectivity index (χ1n) is 9.27. The number of benzene rings is 1. The van der Waals surface area contributed by atoms with Crippen LogP contribution in [0.4, 0.5) is 0 Å². The zero-order valence-corrected chi connectivity index (χ0v) is 14.6. The van der Waals surface area contributed by atoms with Crippen molar-refractivity contribution in [3.8, 4) is 0 Å². The zero-order valence-electron chi connectivity index (χ0n) is 14.6. The Labute approximate surface area is 148 Å². The molecule has 0 N–H and O–H groups in total. The molecule has 0 aromatic heterocycles. The van der Waals surface area contributed by atoms with Crippen molar-refractivity contribution in [3.05, 3.63) is 35.9 Å². The molecule has 2 saturated heterocycles. The highest BCUT2D eigenvalue weighted by Crippen LogP contribution is 2.52. The fraction of sp³-hybridized carbons (Fsp3) is 0.600. The van der Waals surface area contributed by atoms with Crippen LogP contribution in [0.2, 0.25) is 0 Å². The van der Waals surface area contributed by atoms with E-state index in [0.717, 1.165) is 50.6 Å². The summed E-state index contributed by atoms with van der Waals surface area (Å²) >= 11 is 0. The van der Waals surface area contributed by atoms with Gasteiger partial charge in [0.05, 0.1) is 0 Å². The van der Waals surface area contributed by atoms with E-state index in [-0.39, 0.29) is 17.4 Å². The number of esters is 1. The Morgan fingerprint density at radius 1 is 1.20 bits per heavy atom.